The van der Waals surface area contributed by atoms with E-state index in [2.05, 4.69) is 5.32 Å². The van der Waals surface area contributed by atoms with Crippen LogP contribution in [0.2, 0.25) is 0 Å². The molecular formula is C18H18FNO3. The highest BCUT2D eigenvalue weighted by molar-refractivity contribution is 5.96. The Morgan fingerprint density at radius 3 is 2.26 bits per heavy atom. The van der Waals surface area contributed by atoms with Crippen molar-refractivity contribution in [1.29, 1.82) is 0 Å². The van der Waals surface area contributed by atoms with Crippen LogP contribution in [0.4, 0.5) is 4.39 Å². The number of carbonyl (C=O) groups is 2. The van der Waals surface area contributed by atoms with Gasteiger partial charge < -0.3 is 10.4 Å². The Morgan fingerprint density at radius 1 is 1.09 bits per heavy atom. The van der Waals surface area contributed by atoms with Crippen LogP contribution < -0.4 is 5.32 Å². The molecule has 120 valence electrons. The third-order valence-corrected chi connectivity index (χ3v) is 3.77. The fraction of sp³-hybridized carbons (Fsp3) is 0.222. The van der Waals surface area contributed by atoms with Crippen molar-refractivity contribution in [2.75, 3.05) is 0 Å². The second kappa shape index (κ2) is 7.05. The predicted octanol–water partition coefficient (Wildman–Crippen LogP) is 2.87. The summed E-state index contributed by atoms with van der Waals surface area (Å²) in [5.74, 6) is -2.57. The first-order valence-electron chi connectivity index (χ1n) is 7.23. The van der Waals surface area contributed by atoms with Crippen LogP contribution >= 0.6 is 0 Å². The number of halogens is 1. The van der Waals surface area contributed by atoms with Gasteiger partial charge in [0.25, 0.3) is 5.91 Å². The van der Waals surface area contributed by atoms with Gasteiger partial charge in [-0.1, -0.05) is 30.3 Å². The molecule has 0 saturated carbocycles. The van der Waals surface area contributed by atoms with E-state index in [-0.39, 0.29) is 12.0 Å². The van der Waals surface area contributed by atoms with Gasteiger partial charge >= 0.3 is 5.97 Å². The molecule has 1 amide bonds. The van der Waals surface area contributed by atoms with Crippen LogP contribution in [0, 0.1) is 19.7 Å². The lowest BCUT2D eigenvalue weighted by atomic mass is 9.96. The smallest absolute Gasteiger partial charge is 0.326 e. The topological polar surface area (TPSA) is 66.4 Å². The summed E-state index contributed by atoms with van der Waals surface area (Å²) in [6, 6.07) is 10.0. The molecule has 5 heteroatoms. The van der Waals surface area contributed by atoms with Gasteiger partial charge in [-0.15, -0.1) is 0 Å². The monoisotopic (exact) mass is 315 g/mol. The average molecular weight is 315 g/mol. The number of hydrogen-bond donors (Lipinski definition) is 2. The van der Waals surface area contributed by atoms with Gasteiger partial charge in [0.15, 0.2) is 0 Å². The van der Waals surface area contributed by atoms with Crippen molar-refractivity contribution in [2.45, 2.75) is 26.3 Å². The molecule has 0 bridgehead atoms. The normalized spacial score (nSPS) is 11.8. The lowest BCUT2D eigenvalue weighted by Crippen LogP contribution is -2.42. The number of nitrogens with one attached hydrogen (secondary N) is 1. The van der Waals surface area contributed by atoms with Gasteiger partial charge in [0.2, 0.25) is 0 Å². The molecule has 0 saturated heterocycles. The Bertz CT molecular complexity index is 723. The van der Waals surface area contributed by atoms with Crippen molar-refractivity contribution in [1.82, 2.24) is 5.32 Å². The van der Waals surface area contributed by atoms with Gasteiger partial charge in [-0.2, -0.15) is 0 Å². The van der Waals surface area contributed by atoms with Crippen LogP contribution in [0.1, 0.15) is 27.0 Å². The molecule has 0 unspecified atom stereocenters. The van der Waals surface area contributed by atoms with Gasteiger partial charge in [0, 0.05) is 6.42 Å². The van der Waals surface area contributed by atoms with Crippen molar-refractivity contribution < 1.29 is 19.1 Å². The van der Waals surface area contributed by atoms with E-state index in [1.54, 1.807) is 0 Å². The van der Waals surface area contributed by atoms with Crippen molar-refractivity contribution in [3.63, 3.8) is 0 Å². The Morgan fingerprint density at radius 2 is 1.70 bits per heavy atom. The number of aliphatic carboxylic acids is 1. The highest BCUT2D eigenvalue weighted by Gasteiger charge is 2.23. The number of carboxylic acid groups (broad SMARTS) is 1. The van der Waals surface area contributed by atoms with Crippen LogP contribution in [-0.2, 0) is 11.2 Å². The molecule has 1 atom stereocenters. The largest absolute Gasteiger partial charge is 0.480 e. The van der Waals surface area contributed by atoms with E-state index in [0.29, 0.717) is 0 Å². The van der Waals surface area contributed by atoms with Crippen molar-refractivity contribution in [3.8, 4) is 0 Å². The minimum Gasteiger partial charge on any atom is -0.480 e. The van der Waals surface area contributed by atoms with E-state index >= 15 is 0 Å². The summed E-state index contributed by atoms with van der Waals surface area (Å²) in [6.45, 7) is 3.78. The van der Waals surface area contributed by atoms with Crippen LogP contribution in [0.15, 0.2) is 42.5 Å². The molecule has 4 nitrogen and oxygen atoms in total. The van der Waals surface area contributed by atoms with E-state index in [9.17, 15) is 19.1 Å². The molecule has 0 spiro atoms. The van der Waals surface area contributed by atoms with E-state index < -0.39 is 23.7 Å². The maximum absolute atomic E-state index is 13.6. The fourth-order valence-corrected chi connectivity index (χ4v) is 2.46. The summed E-state index contributed by atoms with van der Waals surface area (Å²) in [5.41, 5.74) is 2.61. The molecule has 0 aliphatic heterocycles. The molecule has 0 fully saturated rings. The lowest BCUT2D eigenvalue weighted by Gasteiger charge is -2.17. The average Bonchev–Trinajstić information content (AvgIpc) is 2.50. The summed E-state index contributed by atoms with van der Waals surface area (Å²) in [6.07, 6.45) is 0.147. The SMILES string of the molecule is Cc1cccc(C)c1C[C@@H](NC(=O)c1ccccc1F)C(=O)O. The minimum absolute atomic E-state index is 0.147. The molecule has 0 heterocycles. The molecule has 0 aliphatic rings. The highest BCUT2D eigenvalue weighted by atomic mass is 19.1. The van der Waals surface area contributed by atoms with Crippen molar-refractivity contribution in [3.05, 3.63) is 70.5 Å². The third-order valence-electron chi connectivity index (χ3n) is 3.77. The zero-order valence-electron chi connectivity index (χ0n) is 13.0. The zero-order valence-corrected chi connectivity index (χ0v) is 13.0. The maximum atomic E-state index is 13.6. The number of hydrogen-bond acceptors (Lipinski definition) is 2. The summed E-state index contributed by atoms with van der Waals surface area (Å²) in [7, 11) is 0. The van der Waals surface area contributed by atoms with Crippen molar-refractivity contribution >= 4 is 11.9 Å². The highest BCUT2D eigenvalue weighted by Crippen LogP contribution is 2.16. The van der Waals surface area contributed by atoms with Crippen LogP contribution in [-0.4, -0.2) is 23.0 Å². The number of carbonyl (C=O) groups excluding carboxylic acids is 1. The maximum Gasteiger partial charge on any atom is 0.326 e. The fourth-order valence-electron chi connectivity index (χ4n) is 2.46. The van der Waals surface area contributed by atoms with Gasteiger partial charge in [-0.05, 0) is 42.7 Å². The van der Waals surface area contributed by atoms with Gasteiger partial charge in [-0.25, -0.2) is 9.18 Å². The summed E-state index contributed by atoms with van der Waals surface area (Å²) in [4.78, 5) is 23.6. The first-order valence-corrected chi connectivity index (χ1v) is 7.23. The van der Waals surface area contributed by atoms with E-state index in [4.69, 9.17) is 0 Å². The van der Waals surface area contributed by atoms with Gasteiger partial charge in [0.05, 0.1) is 5.56 Å². The quantitative estimate of drug-likeness (QED) is 0.891. The standard InChI is InChI=1S/C18H18FNO3/c1-11-6-5-7-12(2)14(11)10-16(18(22)23)20-17(21)13-8-3-4-9-15(13)19/h3-9,16H,10H2,1-2H3,(H,20,21)(H,22,23)/t16-/m1/s1. The van der Waals surface area contributed by atoms with Gasteiger partial charge in [-0.3, -0.25) is 4.79 Å². The molecular weight excluding hydrogens is 297 g/mol. The molecule has 2 N–H and O–H groups in total. The first-order chi connectivity index (χ1) is 10.9. The third kappa shape index (κ3) is 3.94. The second-order valence-corrected chi connectivity index (χ2v) is 5.42. The summed E-state index contributed by atoms with van der Waals surface area (Å²) >= 11 is 0. The molecule has 0 radical (unpaired) electrons. The summed E-state index contributed by atoms with van der Waals surface area (Å²) < 4.78 is 13.6. The summed E-state index contributed by atoms with van der Waals surface area (Å²) in [5, 5.41) is 11.8. The predicted molar refractivity (Wildman–Crippen MR) is 84.9 cm³/mol. The van der Waals surface area contributed by atoms with Gasteiger partial charge in [0.1, 0.15) is 11.9 Å². The Hall–Kier alpha value is -2.69. The number of carboxylic acids is 1. The number of aryl methyl sites for hydroxylation is 2. The van der Waals surface area contributed by atoms with E-state index in [1.807, 2.05) is 32.0 Å². The minimum atomic E-state index is -1.16. The van der Waals surface area contributed by atoms with Crippen LogP contribution in [0.5, 0.6) is 0 Å². The molecule has 0 aliphatic carbocycles. The Kier molecular flexibility index (Phi) is 5.11. The Balaban J connectivity index is 2.22. The number of amides is 1. The number of benzene rings is 2. The van der Waals surface area contributed by atoms with Crippen molar-refractivity contribution in [2.24, 2.45) is 0 Å². The molecule has 2 aromatic carbocycles. The second-order valence-electron chi connectivity index (χ2n) is 5.42. The van der Waals surface area contributed by atoms with Crippen LogP contribution in [0.25, 0.3) is 0 Å². The first kappa shape index (κ1) is 16.7. The molecule has 2 rings (SSSR count). The Labute approximate surface area is 134 Å². The van der Waals surface area contributed by atoms with E-state index in [1.165, 1.54) is 18.2 Å². The molecule has 2 aromatic rings. The number of rotatable bonds is 5. The van der Waals surface area contributed by atoms with Crippen LogP contribution in [0.3, 0.4) is 0 Å². The van der Waals surface area contributed by atoms with E-state index in [0.717, 1.165) is 22.8 Å². The lowest BCUT2D eigenvalue weighted by molar-refractivity contribution is -0.139. The zero-order chi connectivity index (χ0) is 17.0. The molecule has 23 heavy (non-hydrogen) atoms. The molecule has 0 aromatic heterocycles.